The lowest BCUT2D eigenvalue weighted by Crippen LogP contribution is -2.26. The van der Waals surface area contributed by atoms with Gasteiger partial charge in [0, 0.05) is 24.3 Å². The van der Waals surface area contributed by atoms with Gasteiger partial charge in [0.15, 0.2) is 0 Å². The van der Waals surface area contributed by atoms with Crippen LogP contribution in [0.4, 0.5) is 5.69 Å². The molecule has 0 aromatic heterocycles. The lowest BCUT2D eigenvalue weighted by atomic mass is 10.0. The zero-order chi connectivity index (χ0) is 13.7. The average molecular weight is 262 g/mol. The van der Waals surface area contributed by atoms with Gasteiger partial charge in [0.25, 0.3) is 5.91 Å². The summed E-state index contributed by atoms with van der Waals surface area (Å²) in [7, 11) is 1.33. The minimum absolute atomic E-state index is 0.155. The van der Waals surface area contributed by atoms with Crippen molar-refractivity contribution in [2.24, 2.45) is 0 Å². The number of hydrogen-bond acceptors (Lipinski definition) is 4. The van der Waals surface area contributed by atoms with Crippen molar-refractivity contribution in [1.29, 1.82) is 0 Å². The second kappa shape index (κ2) is 6.22. The number of aryl methyl sites for hydroxylation is 1. The van der Waals surface area contributed by atoms with E-state index in [0.29, 0.717) is 12.1 Å². The molecular formula is C14H18N2O3. The van der Waals surface area contributed by atoms with Crippen molar-refractivity contribution in [3.05, 3.63) is 29.3 Å². The zero-order valence-electron chi connectivity index (χ0n) is 11.0. The van der Waals surface area contributed by atoms with E-state index in [1.165, 1.54) is 12.7 Å². The summed E-state index contributed by atoms with van der Waals surface area (Å²) in [6.07, 6.45) is 2.26. The van der Waals surface area contributed by atoms with E-state index < -0.39 is 0 Å². The van der Waals surface area contributed by atoms with Crippen LogP contribution >= 0.6 is 0 Å². The highest BCUT2D eigenvalue weighted by molar-refractivity contribution is 5.95. The summed E-state index contributed by atoms with van der Waals surface area (Å²) < 4.78 is 4.51. The molecule has 19 heavy (non-hydrogen) atoms. The molecule has 5 nitrogen and oxygen atoms in total. The normalized spacial score (nSPS) is 13.1. The van der Waals surface area contributed by atoms with Gasteiger partial charge in [-0.2, -0.15) is 0 Å². The summed E-state index contributed by atoms with van der Waals surface area (Å²) in [6.45, 7) is 1.28. The lowest BCUT2D eigenvalue weighted by Gasteiger charge is -2.18. The number of rotatable bonds is 4. The van der Waals surface area contributed by atoms with Crippen molar-refractivity contribution in [2.45, 2.75) is 19.3 Å². The van der Waals surface area contributed by atoms with Crippen LogP contribution in [-0.4, -0.2) is 32.1 Å². The first-order valence-electron chi connectivity index (χ1n) is 6.42. The number of benzene rings is 1. The first-order valence-corrected chi connectivity index (χ1v) is 6.42. The standard InChI is InChI=1S/C14H18N2O3/c1-19-13(17)6-8-16-14(18)11-4-5-12-10(9-11)3-2-7-15-12/h4-5,9,15H,2-3,6-8H2,1H3,(H,16,18). The van der Waals surface area contributed by atoms with Crippen molar-refractivity contribution in [3.8, 4) is 0 Å². The van der Waals surface area contributed by atoms with E-state index in [2.05, 4.69) is 15.4 Å². The molecular weight excluding hydrogens is 244 g/mol. The summed E-state index contributed by atoms with van der Waals surface area (Å²) in [5.74, 6) is -0.479. The highest BCUT2D eigenvalue weighted by Gasteiger charge is 2.12. The molecule has 102 valence electrons. The minimum atomic E-state index is -0.324. The highest BCUT2D eigenvalue weighted by Crippen LogP contribution is 2.22. The van der Waals surface area contributed by atoms with Gasteiger partial charge in [-0.3, -0.25) is 9.59 Å². The fraction of sp³-hybridized carbons (Fsp3) is 0.429. The lowest BCUT2D eigenvalue weighted by molar-refractivity contribution is -0.140. The van der Waals surface area contributed by atoms with E-state index in [9.17, 15) is 9.59 Å². The molecule has 2 rings (SSSR count). The Balaban J connectivity index is 1.94. The van der Waals surface area contributed by atoms with Gasteiger partial charge in [0.1, 0.15) is 0 Å². The SMILES string of the molecule is COC(=O)CCNC(=O)c1ccc2c(c1)CCCN2. The number of carbonyl (C=O) groups is 2. The second-order valence-electron chi connectivity index (χ2n) is 4.48. The molecule has 0 saturated carbocycles. The first kappa shape index (κ1) is 13.4. The molecule has 5 heteroatoms. The second-order valence-corrected chi connectivity index (χ2v) is 4.48. The largest absolute Gasteiger partial charge is 0.469 e. The Kier molecular flexibility index (Phi) is 4.39. The quantitative estimate of drug-likeness (QED) is 0.803. The predicted octanol–water partition coefficient (Wildman–Crippen LogP) is 1.34. The number of anilines is 1. The van der Waals surface area contributed by atoms with Crippen LogP contribution in [0.1, 0.15) is 28.8 Å². The number of esters is 1. The molecule has 0 bridgehead atoms. The molecule has 1 aromatic rings. The van der Waals surface area contributed by atoms with Crippen molar-refractivity contribution in [2.75, 3.05) is 25.5 Å². The van der Waals surface area contributed by atoms with E-state index in [1.807, 2.05) is 12.1 Å². The van der Waals surface area contributed by atoms with Crippen molar-refractivity contribution in [3.63, 3.8) is 0 Å². The topological polar surface area (TPSA) is 67.4 Å². The molecule has 0 radical (unpaired) electrons. The Bertz CT molecular complexity index is 486. The number of methoxy groups -OCH3 is 1. The van der Waals surface area contributed by atoms with Crippen LogP contribution in [0.25, 0.3) is 0 Å². The molecule has 1 aliphatic rings. The Morgan fingerprint density at radius 2 is 2.26 bits per heavy atom. The van der Waals surface area contributed by atoms with Crippen LogP contribution in [0.5, 0.6) is 0 Å². The smallest absolute Gasteiger partial charge is 0.307 e. The van der Waals surface area contributed by atoms with Crippen LogP contribution in [0, 0.1) is 0 Å². The van der Waals surface area contributed by atoms with Crippen molar-refractivity contribution in [1.82, 2.24) is 5.32 Å². The first-order chi connectivity index (χ1) is 9.20. The van der Waals surface area contributed by atoms with Crippen molar-refractivity contribution < 1.29 is 14.3 Å². The number of carbonyl (C=O) groups excluding carboxylic acids is 2. The van der Waals surface area contributed by atoms with Gasteiger partial charge in [-0.1, -0.05) is 0 Å². The molecule has 0 unspecified atom stereocenters. The van der Waals surface area contributed by atoms with Gasteiger partial charge in [-0.25, -0.2) is 0 Å². The maximum absolute atomic E-state index is 11.9. The number of hydrogen-bond donors (Lipinski definition) is 2. The number of fused-ring (bicyclic) bond motifs is 1. The highest BCUT2D eigenvalue weighted by atomic mass is 16.5. The molecule has 0 atom stereocenters. The van der Waals surface area contributed by atoms with Gasteiger partial charge in [-0.15, -0.1) is 0 Å². The Labute approximate surface area is 112 Å². The van der Waals surface area contributed by atoms with Crippen LogP contribution in [0.2, 0.25) is 0 Å². The van der Waals surface area contributed by atoms with Gasteiger partial charge in [0.05, 0.1) is 13.5 Å². The molecule has 1 heterocycles. The monoisotopic (exact) mass is 262 g/mol. The molecule has 1 amide bonds. The van der Waals surface area contributed by atoms with Gasteiger partial charge in [-0.05, 0) is 36.6 Å². The molecule has 0 spiro atoms. The van der Waals surface area contributed by atoms with Gasteiger partial charge in [0.2, 0.25) is 0 Å². The fourth-order valence-electron chi connectivity index (χ4n) is 2.10. The Hall–Kier alpha value is -2.04. The molecule has 1 aliphatic heterocycles. The van der Waals surface area contributed by atoms with Gasteiger partial charge < -0.3 is 15.4 Å². The average Bonchev–Trinajstić information content (AvgIpc) is 2.46. The van der Waals surface area contributed by atoms with Crippen LogP contribution in [0.15, 0.2) is 18.2 Å². The Morgan fingerprint density at radius 1 is 1.42 bits per heavy atom. The molecule has 0 aliphatic carbocycles. The molecule has 1 aromatic carbocycles. The minimum Gasteiger partial charge on any atom is -0.469 e. The number of nitrogens with one attached hydrogen (secondary N) is 2. The maximum atomic E-state index is 11.9. The van der Waals surface area contributed by atoms with E-state index >= 15 is 0 Å². The summed E-state index contributed by atoms with van der Waals surface area (Å²) in [5, 5.41) is 6.01. The maximum Gasteiger partial charge on any atom is 0.307 e. The summed E-state index contributed by atoms with van der Waals surface area (Å²) >= 11 is 0. The van der Waals surface area contributed by atoms with E-state index in [-0.39, 0.29) is 18.3 Å². The predicted molar refractivity (Wildman–Crippen MR) is 72.2 cm³/mol. The zero-order valence-corrected chi connectivity index (χ0v) is 11.0. The number of ether oxygens (including phenoxy) is 1. The van der Waals surface area contributed by atoms with Gasteiger partial charge >= 0.3 is 5.97 Å². The summed E-state index contributed by atoms with van der Waals surface area (Å²) in [6, 6.07) is 5.64. The van der Waals surface area contributed by atoms with E-state index in [1.54, 1.807) is 6.07 Å². The van der Waals surface area contributed by atoms with Crippen LogP contribution in [0.3, 0.4) is 0 Å². The molecule has 2 N–H and O–H groups in total. The molecule has 0 saturated heterocycles. The third-order valence-electron chi connectivity index (χ3n) is 3.15. The van der Waals surface area contributed by atoms with Crippen LogP contribution in [-0.2, 0) is 16.0 Å². The Morgan fingerprint density at radius 3 is 3.05 bits per heavy atom. The summed E-state index contributed by atoms with van der Waals surface area (Å²) in [4.78, 5) is 22.9. The molecule has 0 fully saturated rings. The van der Waals surface area contributed by atoms with Crippen LogP contribution < -0.4 is 10.6 Å². The fourth-order valence-corrected chi connectivity index (χ4v) is 2.10. The third kappa shape index (κ3) is 3.47. The summed E-state index contributed by atoms with van der Waals surface area (Å²) in [5.41, 5.74) is 2.91. The third-order valence-corrected chi connectivity index (χ3v) is 3.15. The van der Waals surface area contributed by atoms with Crippen molar-refractivity contribution >= 4 is 17.6 Å². The van der Waals surface area contributed by atoms with E-state index in [4.69, 9.17) is 0 Å². The number of amides is 1. The van der Waals surface area contributed by atoms with E-state index in [0.717, 1.165) is 25.1 Å².